The number of nitrogens with one attached hydrogen (secondary N) is 1. The zero-order valence-corrected chi connectivity index (χ0v) is 14.4. The number of benzene rings is 1. The van der Waals surface area contributed by atoms with Crippen molar-refractivity contribution in [1.82, 2.24) is 4.72 Å². The Labute approximate surface area is 128 Å². The van der Waals surface area contributed by atoms with Crippen molar-refractivity contribution in [2.75, 3.05) is 6.54 Å². The second-order valence-corrected chi connectivity index (χ2v) is 8.00. The molecule has 0 saturated carbocycles. The molecular weight excluding hydrogens is 286 g/mol. The molecule has 5 heteroatoms. The minimum Gasteiger partial charge on any atom is -0.392 e. The predicted octanol–water partition coefficient (Wildman–Crippen LogP) is 2.69. The van der Waals surface area contributed by atoms with Gasteiger partial charge in [-0.05, 0) is 41.9 Å². The van der Waals surface area contributed by atoms with E-state index < -0.39 is 10.0 Å². The smallest absolute Gasteiger partial charge is 0.240 e. The van der Waals surface area contributed by atoms with E-state index in [-0.39, 0.29) is 11.5 Å². The van der Waals surface area contributed by atoms with E-state index in [0.29, 0.717) is 35.4 Å². The van der Waals surface area contributed by atoms with Crippen LogP contribution < -0.4 is 4.72 Å². The van der Waals surface area contributed by atoms with Crippen molar-refractivity contribution in [2.45, 2.75) is 46.1 Å². The molecule has 0 amide bonds. The van der Waals surface area contributed by atoms with E-state index in [0.717, 1.165) is 0 Å². The lowest BCUT2D eigenvalue weighted by atomic mass is 9.86. The lowest BCUT2D eigenvalue weighted by Gasteiger charge is -2.25. The van der Waals surface area contributed by atoms with Crippen LogP contribution in [0.1, 0.15) is 38.8 Å². The summed E-state index contributed by atoms with van der Waals surface area (Å²) in [6.07, 6.45) is 0. The number of hydrogen-bond donors (Lipinski definition) is 2. The van der Waals surface area contributed by atoms with Crippen LogP contribution in [-0.4, -0.2) is 20.1 Å². The number of aryl methyl sites for hydroxylation is 1. The molecule has 0 aliphatic rings. The van der Waals surface area contributed by atoms with E-state index >= 15 is 0 Å². The lowest BCUT2D eigenvalue weighted by molar-refractivity contribution is 0.281. The Kier molecular flexibility index (Phi) is 6.38. The molecule has 4 nitrogen and oxygen atoms in total. The van der Waals surface area contributed by atoms with E-state index in [1.807, 2.05) is 0 Å². The molecule has 0 aromatic heterocycles. The van der Waals surface area contributed by atoms with Gasteiger partial charge in [-0.2, -0.15) is 0 Å². The van der Waals surface area contributed by atoms with Gasteiger partial charge in [0.05, 0.1) is 11.5 Å². The molecule has 0 fully saturated rings. The Morgan fingerprint density at radius 2 is 1.71 bits per heavy atom. The second kappa shape index (κ2) is 7.38. The van der Waals surface area contributed by atoms with Crippen molar-refractivity contribution in [3.63, 3.8) is 0 Å². The third-order valence-electron chi connectivity index (χ3n) is 3.95. The molecular formula is C16H27NO3S. The molecule has 0 heterocycles. The van der Waals surface area contributed by atoms with Gasteiger partial charge in [0.25, 0.3) is 0 Å². The highest BCUT2D eigenvalue weighted by atomic mass is 32.2. The number of aliphatic hydroxyl groups excluding tert-OH is 1. The van der Waals surface area contributed by atoms with Gasteiger partial charge in [0.1, 0.15) is 0 Å². The fourth-order valence-corrected chi connectivity index (χ4v) is 3.92. The Morgan fingerprint density at radius 1 is 1.14 bits per heavy atom. The maximum atomic E-state index is 12.5. The molecule has 21 heavy (non-hydrogen) atoms. The third-order valence-corrected chi connectivity index (χ3v) is 5.51. The molecule has 0 bridgehead atoms. The molecule has 0 spiro atoms. The van der Waals surface area contributed by atoms with Crippen LogP contribution in [0.5, 0.6) is 0 Å². The average Bonchev–Trinajstić information content (AvgIpc) is 2.38. The van der Waals surface area contributed by atoms with Crippen LogP contribution in [-0.2, 0) is 16.6 Å². The van der Waals surface area contributed by atoms with Crippen LogP contribution in [0.2, 0.25) is 0 Å². The maximum absolute atomic E-state index is 12.5. The summed E-state index contributed by atoms with van der Waals surface area (Å²) < 4.78 is 27.7. The number of hydrogen-bond acceptors (Lipinski definition) is 3. The quantitative estimate of drug-likeness (QED) is 0.813. The van der Waals surface area contributed by atoms with E-state index in [1.165, 1.54) is 6.07 Å². The normalized spacial score (nSPS) is 12.6. The van der Waals surface area contributed by atoms with E-state index in [9.17, 15) is 8.42 Å². The SMILES string of the molecule is Cc1ccc(CO)cc1S(=O)(=O)NCC(C(C)C)C(C)C. The largest absolute Gasteiger partial charge is 0.392 e. The van der Waals surface area contributed by atoms with Gasteiger partial charge in [-0.25, -0.2) is 13.1 Å². The van der Waals surface area contributed by atoms with Gasteiger partial charge in [-0.1, -0.05) is 39.8 Å². The second-order valence-electron chi connectivity index (χ2n) is 6.26. The van der Waals surface area contributed by atoms with Gasteiger partial charge in [0.2, 0.25) is 10.0 Å². The van der Waals surface area contributed by atoms with Crippen LogP contribution in [0, 0.1) is 24.7 Å². The van der Waals surface area contributed by atoms with Crippen LogP contribution in [0.25, 0.3) is 0 Å². The Morgan fingerprint density at radius 3 is 2.19 bits per heavy atom. The predicted molar refractivity (Wildman–Crippen MR) is 85.5 cm³/mol. The van der Waals surface area contributed by atoms with Gasteiger partial charge in [-0.15, -0.1) is 0 Å². The molecule has 0 unspecified atom stereocenters. The summed E-state index contributed by atoms with van der Waals surface area (Å²) >= 11 is 0. The molecule has 1 aromatic rings. The van der Waals surface area contributed by atoms with Crippen molar-refractivity contribution < 1.29 is 13.5 Å². The first-order valence-corrected chi connectivity index (χ1v) is 8.87. The van der Waals surface area contributed by atoms with Gasteiger partial charge in [0, 0.05) is 6.54 Å². The van der Waals surface area contributed by atoms with Gasteiger partial charge in [0.15, 0.2) is 0 Å². The van der Waals surface area contributed by atoms with Gasteiger partial charge >= 0.3 is 0 Å². The first-order valence-electron chi connectivity index (χ1n) is 7.39. The van der Waals surface area contributed by atoms with Crippen LogP contribution in [0.4, 0.5) is 0 Å². The first-order chi connectivity index (χ1) is 9.69. The van der Waals surface area contributed by atoms with E-state index in [4.69, 9.17) is 5.11 Å². The Hall–Kier alpha value is -0.910. The molecule has 0 saturated heterocycles. The monoisotopic (exact) mass is 313 g/mol. The summed E-state index contributed by atoms with van der Waals surface area (Å²) in [4.78, 5) is 0.250. The maximum Gasteiger partial charge on any atom is 0.240 e. The molecule has 120 valence electrons. The van der Waals surface area contributed by atoms with Crippen molar-refractivity contribution in [3.05, 3.63) is 29.3 Å². The fourth-order valence-electron chi connectivity index (χ4n) is 2.56. The van der Waals surface area contributed by atoms with Crippen LogP contribution >= 0.6 is 0 Å². The molecule has 0 radical (unpaired) electrons. The molecule has 1 aromatic carbocycles. The van der Waals surface area contributed by atoms with Crippen molar-refractivity contribution >= 4 is 10.0 Å². The average molecular weight is 313 g/mol. The summed E-state index contributed by atoms with van der Waals surface area (Å²) in [5, 5.41) is 9.17. The van der Waals surface area contributed by atoms with E-state index in [1.54, 1.807) is 19.1 Å². The third kappa shape index (κ3) is 4.80. The van der Waals surface area contributed by atoms with Crippen molar-refractivity contribution in [3.8, 4) is 0 Å². The number of sulfonamides is 1. The zero-order chi connectivity index (χ0) is 16.2. The number of rotatable bonds is 7. The minimum absolute atomic E-state index is 0.163. The highest BCUT2D eigenvalue weighted by molar-refractivity contribution is 7.89. The molecule has 0 aliphatic carbocycles. The molecule has 0 atom stereocenters. The highest BCUT2D eigenvalue weighted by Crippen LogP contribution is 2.22. The van der Waals surface area contributed by atoms with Crippen molar-refractivity contribution in [1.29, 1.82) is 0 Å². The van der Waals surface area contributed by atoms with Gasteiger partial charge in [-0.3, -0.25) is 0 Å². The lowest BCUT2D eigenvalue weighted by Crippen LogP contribution is -2.34. The summed E-state index contributed by atoms with van der Waals surface area (Å²) in [6, 6.07) is 5.00. The minimum atomic E-state index is -3.55. The Bertz CT molecular complexity index is 557. The molecule has 0 aliphatic heterocycles. The Balaban J connectivity index is 2.96. The standard InChI is InChI=1S/C16H27NO3S/c1-11(2)15(12(3)4)9-17-21(19,20)16-8-14(10-18)7-6-13(16)5/h6-8,11-12,15,17-18H,9-10H2,1-5H3. The van der Waals surface area contributed by atoms with Crippen LogP contribution in [0.3, 0.4) is 0 Å². The van der Waals surface area contributed by atoms with E-state index in [2.05, 4.69) is 32.4 Å². The summed E-state index contributed by atoms with van der Waals surface area (Å²) in [5.74, 6) is 1.12. The molecule has 1 rings (SSSR count). The summed E-state index contributed by atoms with van der Waals surface area (Å²) in [7, 11) is -3.55. The van der Waals surface area contributed by atoms with Crippen molar-refractivity contribution in [2.24, 2.45) is 17.8 Å². The number of aliphatic hydroxyl groups is 1. The summed E-state index contributed by atoms with van der Waals surface area (Å²) in [5.41, 5.74) is 1.29. The van der Waals surface area contributed by atoms with Crippen LogP contribution in [0.15, 0.2) is 23.1 Å². The van der Waals surface area contributed by atoms with Gasteiger partial charge < -0.3 is 5.11 Å². The summed E-state index contributed by atoms with van der Waals surface area (Å²) in [6.45, 7) is 10.5. The first kappa shape index (κ1) is 18.1. The fraction of sp³-hybridized carbons (Fsp3) is 0.625. The molecule has 2 N–H and O–H groups in total. The zero-order valence-electron chi connectivity index (χ0n) is 13.6. The topological polar surface area (TPSA) is 66.4 Å². The highest BCUT2D eigenvalue weighted by Gasteiger charge is 2.22.